The first-order valence-electron chi connectivity index (χ1n) is 5.46. The second kappa shape index (κ2) is 4.75. The lowest BCUT2D eigenvalue weighted by Gasteiger charge is -2.20. The summed E-state index contributed by atoms with van der Waals surface area (Å²) in [7, 11) is 0. The van der Waals surface area contributed by atoms with E-state index < -0.39 is 0 Å². The monoisotopic (exact) mass is 273 g/mol. The number of halogens is 1. The van der Waals surface area contributed by atoms with E-state index in [1.54, 1.807) is 0 Å². The third-order valence-corrected chi connectivity index (χ3v) is 4.68. The molecule has 3 heteroatoms. The van der Waals surface area contributed by atoms with Gasteiger partial charge in [-0.25, -0.2) is 4.98 Å². The molecule has 1 aromatic rings. The highest BCUT2D eigenvalue weighted by Gasteiger charge is 2.21. The first-order chi connectivity index (χ1) is 6.81. The van der Waals surface area contributed by atoms with Crippen LogP contribution in [-0.4, -0.2) is 4.98 Å². The third-order valence-electron chi connectivity index (χ3n) is 3.01. The maximum absolute atomic E-state index is 4.64. The van der Waals surface area contributed by atoms with Crippen LogP contribution < -0.4 is 0 Å². The van der Waals surface area contributed by atoms with Gasteiger partial charge in [-0.05, 0) is 35.2 Å². The SMILES string of the molecule is CCc1sc(Br)nc1C1CCCCC1. The largest absolute Gasteiger partial charge is 0.234 e. The van der Waals surface area contributed by atoms with Crippen molar-refractivity contribution < 1.29 is 0 Å². The fourth-order valence-electron chi connectivity index (χ4n) is 2.28. The first-order valence-corrected chi connectivity index (χ1v) is 7.07. The lowest BCUT2D eigenvalue weighted by molar-refractivity contribution is 0.436. The van der Waals surface area contributed by atoms with E-state index in [9.17, 15) is 0 Å². The average Bonchev–Trinajstić information content (AvgIpc) is 2.61. The molecule has 0 N–H and O–H groups in total. The van der Waals surface area contributed by atoms with Crippen LogP contribution in [0.5, 0.6) is 0 Å². The van der Waals surface area contributed by atoms with Gasteiger partial charge in [0, 0.05) is 10.8 Å². The summed E-state index contributed by atoms with van der Waals surface area (Å²) in [5.74, 6) is 0.751. The molecule has 0 amide bonds. The molecule has 0 unspecified atom stereocenters. The van der Waals surface area contributed by atoms with E-state index in [1.165, 1.54) is 42.7 Å². The zero-order chi connectivity index (χ0) is 9.97. The van der Waals surface area contributed by atoms with Crippen molar-refractivity contribution in [1.82, 2.24) is 4.98 Å². The second-order valence-corrected chi connectivity index (χ2v) is 6.32. The van der Waals surface area contributed by atoms with Gasteiger partial charge in [0.25, 0.3) is 0 Å². The van der Waals surface area contributed by atoms with Crippen molar-refractivity contribution in [3.8, 4) is 0 Å². The van der Waals surface area contributed by atoms with Crippen LogP contribution >= 0.6 is 27.3 Å². The van der Waals surface area contributed by atoms with E-state index in [0.29, 0.717) is 0 Å². The lowest BCUT2D eigenvalue weighted by Crippen LogP contribution is -2.06. The number of thiazole rings is 1. The van der Waals surface area contributed by atoms with Gasteiger partial charge in [-0.2, -0.15) is 0 Å². The molecule has 1 fully saturated rings. The fraction of sp³-hybridized carbons (Fsp3) is 0.727. The minimum absolute atomic E-state index is 0.751. The molecule has 1 aliphatic rings. The molecule has 0 spiro atoms. The van der Waals surface area contributed by atoms with E-state index in [4.69, 9.17) is 0 Å². The van der Waals surface area contributed by atoms with Crippen LogP contribution in [0, 0.1) is 0 Å². The summed E-state index contributed by atoms with van der Waals surface area (Å²) in [5, 5.41) is 0. The number of hydrogen-bond donors (Lipinski definition) is 0. The zero-order valence-corrected chi connectivity index (χ0v) is 11.0. The summed E-state index contributed by atoms with van der Waals surface area (Å²) in [4.78, 5) is 6.13. The summed E-state index contributed by atoms with van der Waals surface area (Å²) in [6.07, 6.45) is 8.04. The van der Waals surface area contributed by atoms with Crippen molar-refractivity contribution in [3.05, 3.63) is 14.5 Å². The number of aryl methyl sites for hydroxylation is 1. The minimum Gasteiger partial charge on any atom is -0.234 e. The normalized spacial score (nSPS) is 18.7. The fourth-order valence-corrected chi connectivity index (χ4v) is 3.87. The Morgan fingerprint density at radius 3 is 2.71 bits per heavy atom. The van der Waals surface area contributed by atoms with Crippen LogP contribution in [-0.2, 0) is 6.42 Å². The van der Waals surface area contributed by atoms with Gasteiger partial charge in [0.2, 0.25) is 0 Å². The maximum Gasteiger partial charge on any atom is 0.159 e. The van der Waals surface area contributed by atoms with Crippen molar-refractivity contribution in [3.63, 3.8) is 0 Å². The quantitative estimate of drug-likeness (QED) is 0.772. The Balaban J connectivity index is 2.20. The standard InChI is InChI=1S/C11H16BrNS/c1-2-9-10(13-11(12)14-9)8-6-4-3-5-7-8/h8H,2-7H2,1H3. The minimum atomic E-state index is 0.751. The van der Waals surface area contributed by atoms with Crippen molar-refractivity contribution in [2.75, 3.05) is 0 Å². The molecule has 78 valence electrons. The molecule has 0 atom stereocenters. The summed E-state index contributed by atoms with van der Waals surface area (Å²) < 4.78 is 1.06. The molecular weight excluding hydrogens is 258 g/mol. The number of aromatic nitrogens is 1. The van der Waals surface area contributed by atoms with Gasteiger partial charge in [-0.3, -0.25) is 0 Å². The van der Waals surface area contributed by atoms with Gasteiger partial charge in [-0.15, -0.1) is 11.3 Å². The van der Waals surface area contributed by atoms with Crippen molar-refractivity contribution in [2.24, 2.45) is 0 Å². The average molecular weight is 274 g/mol. The smallest absolute Gasteiger partial charge is 0.159 e. The molecule has 0 bridgehead atoms. The van der Waals surface area contributed by atoms with Crippen molar-refractivity contribution in [2.45, 2.75) is 51.4 Å². The predicted molar refractivity (Wildman–Crippen MR) is 65.0 cm³/mol. The number of hydrogen-bond acceptors (Lipinski definition) is 2. The van der Waals surface area contributed by atoms with E-state index in [2.05, 4.69) is 27.8 Å². The molecule has 1 heterocycles. The van der Waals surface area contributed by atoms with E-state index >= 15 is 0 Å². The van der Waals surface area contributed by atoms with Crippen LogP contribution in [0.25, 0.3) is 0 Å². The van der Waals surface area contributed by atoms with E-state index in [1.807, 2.05) is 11.3 Å². The topological polar surface area (TPSA) is 12.9 Å². The van der Waals surface area contributed by atoms with Gasteiger partial charge in [0.05, 0.1) is 5.69 Å². The molecule has 1 aliphatic carbocycles. The summed E-state index contributed by atoms with van der Waals surface area (Å²) in [6.45, 7) is 2.23. The van der Waals surface area contributed by atoms with Crippen molar-refractivity contribution >= 4 is 27.3 Å². The predicted octanol–water partition coefficient (Wildman–Crippen LogP) is 4.52. The summed E-state index contributed by atoms with van der Waals surface area (Å²) in [5.41, 5.74) is 1.39. The highest BCUT2D eigenvalue weighted by molar-refractivity contribution is 9.11. The number of nitrogens with zero attached hydrogens (tertiary/aromatic N) is 1. The van der Waals surface area contributed by atoms with Gasteiger partial charge in [0.1, 0.15) is 0 Å². The van der Waals surface area contributed by atoms with Crippen LogP contribution in [0.1, 0.15) is 55.5 Å². The number of rotatable bonds is 2. The Kier molecular flexibility index (Phi) is 3.61. The van der Waals surface area contributed by atoms with E-state index in [0.717, 1.165) is 16.3 Å². The Morgan fingerprint density at radius 2 is 2.07 bits per heavy atom. The zero-order valence-electron chi connectivity index (χ0n) is 8.55. The van der Waals surface area contributed by atoms with Crippen molar-refractivity contribution in [1.29, 1.82) is 0 Å². The Hall–Kier alpha value is 0.110. The van der Waals surface area contributed by atoms with Gasteiger partial charge in [-0.1, -0.05) is 26.2 Å². The molecule has 1 saturated carbocycles. The third kappa shape index (κ3) is 2.19. The molecular formula is C11H16BrNS. The van der Waals surface area contributed by atoms with Gasteiger partial charge >= 0.3 is 0 Å². The van der Waals surface area contributed by atoms with Crippen LogP contribution in [0.3, 0.4) is 0 Å². The molecule has 14 heavy (non-hydrogen) atoms. The molecule has 0 radical (unpaired) electrons. The summed E-state index contributed by atoms with van der Waals surface area (Å²) >= 11 is 5.31. The molecule has 0 aliphatic heterocycles. The Morgan fingerprint density at radius 1 is 1.36 bits per heavy atom. The highest BCUT2D eigenvalue weighted by Crippen LogP contribution is 2.37. The molecule has 2 rings (SSSR count). The van der Waals surface area contributed by atoms with Crippen LogP contribution in [0.4, 0.5) is 0 Å². The van der Waals surface area contributed by atoms with Crippen LogP contribution in [0.2, 0.25) is 0 Å². The Bertz CT molecular complexity index is 302. The second-order valence-electron chi connectivity index (χ2n) is 3.96. The van der Waals surface area contributed by atoms with Gasteiger partial charge < -0.3 is 0 Å². The Labute approximate surface area is 98.1 Å². The molecule has 1 nitrogen and oxygen atoms in total. The van der Waals surface area contributed by atoms with E-state index in [-0.39, 0.29) is 0 Å². The first kappa shape index (κ1) is 10.6. The highest BCUT2D eigenvalue weighted by atomic mass is 79.9. The lowest BCUT2D eigenvalue weighted by atomic mass is 9.86. The van der Waals surface area contributed by atoms with Gasteiger partial charge in [0.15, 0.2) is 3.92 Å². The maximum atomic E-state index is 4.64. The molecule has 0 saturated heterocycles. The molecule has 1 aromatic heterocycles. The molecule has 0 aromatic carbocycles. The van der Waals surface area contributed by atoms with Crippen LogP contribution in [0.15, 0.2) is 3.92 Å². The summed E-state index contributed by atoms with van der Waals surface area (Å²) in [6, 6.07) is 0.